The van der Waals surface area contributed by atoms with Crippen LogP contribution < -0.4 is 0 Å². The molecule has 1 aromatic rings. The van der Waals surface area contributed by atoms with Gasteiger partial charge in [-0.2, -0.15) is 0 Å². The minimum absolute atomic E-state index is 0.487. The van der Waals surface area contributed by atoms with Gasteiger partial charge in [-0.1, -0.05) is 11.6 Å². The normalized spacial score (nSPS) is 11.8. The van der Waals surface area contributed by atoms with Crippen LogP contribution in [0.1, 0.15) is 5.56 Å². The van der Waals surface area contributed by atoms with E-state index in [9.17, 15) is 21.6 Å². The van der Waals surface area contributed by atoms with Crippen molar-refractivity contribution in [2.45, 2.75) is 5.75 Å². The molecule has 0 heterocycles. The van der Waals surface area contributed by atoms with Crippen LogP contribution in [0.3, 0.4) is 0 Å². The zero-order valence-electron chi connectivity index (χ0n) is 6.90. The van der Waals surface area contributed by atoms with Crippen molar-refractivity contribution >= 4 is 31.3 Å². The minimum Gasteiger partial charge on any atom is -0.212 e. The van der Waals surface area contributed by atoms with Gasteiger partial charge in [-0.15, -0.1) is 0 Å². The Balaban J connectivity index is 3.33. The van der Waals surface area contributed by atoms with Crippen LogP contribution >= 0.6 is 22.3 Å². The lowest BCUT2D eigenvalue weighted by Crippen LogP contribution is -2.02. The fourth-order valence-electron chi connectivity index (χ4n) is 0.913. The Hall–Kier alpha value is -0.460. The molecule has 0 saturated heterocycles. The van der Waals surface area contributed by atoms with Gasteiger partial charge in [-0.25, -0.2) is 21.6 Å². The lowest BCUT2D eigenvalue weighted by atomic mass is 10.2. The van der Waals surface area contributed by atoms with Crippen LogP contribution in [0, 0.1) is 17.5 Å². The Kier molecular flexibility index (Phi) is 3.52. The molecule has 15 heavy (non-hydrogen) atoms. The van der Waals surface area contributed by atoms with Gasteiger partial charge in [0.1, 0.15) is 10.8 Å². The highest BCUT2D eigenvalue weighted by atomic mass is 35.7. The second kappa shape index (κ2) is 4.19. The molecule has 0 radical (unpaired) electrons. The van der Waals surface area contributed by atoms with E-state index in [0.29, 0.717) is 6.07 Å². The first kappa shape index (κ1) is 12.6. The van der Waals surface area contributed by atoms with E-state index in [1.54, 1.807) is 0 Å². The zero-order valence-corrected chi connectivity index (χ0v) is 9.23. The minimum atomic E-state index is -4.09. The van der Waals surface area contributed by atoms with Crippen molar-refractivity contribution < 1.29 is 21.6 Å². The van der Waals surface area contributed by atoms with Gasteiger partial charge in [-0.05, 0) is 6.07 Å². The Morgan fingerprint density at radius 3 is 2.20 bits per heavy atom. The molecule has 0 aliphatic rings. The van der Waals surface area contributed by atoms with Gasteiger partial charge in [-0.3, -0.25) is 0 Å². The van der Waals surface area contributed by atoms with E-state index < -0.39 is 42.8 Å². The van der Waals surface area contributed by atoms with Gasteiger partial charge >= 0.3 is 0 Å². The van der Waals surface area contributed by atoms with Crippen LogP contribution in [0.15, 0.2) is 6.07 Å². The smallest absolute Gasteiger partial charge is 0.212 e. The molecule has 0 bridgehead atoms. The Morgan fingerprint density at radius 2 is 1.73 bits per heavy atom. The van der Waals surface area contributed by atoms with E-state index in [1.165, 1.54) is 0 Å². The topological polar surface area (TPSA) is 34.1 Å². The third kappa shape index (κ3) is 2.99. The van der Waals surface area contributed by atoms with Crippen molar-refractivity contribution in [3.8, 4) is 0 Å². The highest BCUT2D eigenvalue weighted by molar-refractivity contribution is 8.13. The molecule has 0 aromatic heterocycles. The van der Waals surface area contributed by atoms with E-state index in [2.05, 4.69) is 0 Å². The number of benzene rings is 1. The van der Waals surface area contributed by atoms with Crippen LogP contribution in [0.2, 0.25) is 5.02 Å². The van der Waals surface area contributed by atoms with Crippen molar-refractivity contribution in [2.75, 3.05) is 0 Å². The van der Waals surface area contributed by atoms with Gasteiger partial charge in [0.25, 0.3) is 0 Å². The molecule has 2 nitrogen and oxygen atoms in total. The molecule has 0 N–H and O–H groups in total. The maximum atomic E-state index is 13.0. The van der Waals surface area contributed by atoms with E-state index in [-0.39, 0.29) is 0 Å². The van der Waals surface area contributed by atoms with Crippen molar-refractivity contribution in [3.63, 3.8) is 0 Å². The van der Waals surface area contributed by atoms with Gasteiger partial charge in [0.2, 0.25) is 9.05 Å². The van der Waals surface area contributed by atoms with E-state index >= 15 is 0 Å². The van der Waals surface area contributed by atoms with E-state index in [4.69, 9.17) is 22.3 Å². The quantitative estimate of drug-likeness (QED) is 0.474. The Bertz CT molecular complexity index is 501. The Morgan fingerprint density at radius 1 is 1.20 bits per heavy atom. The SMILES string of the molecule is O=S(=O)(Cl)Cc1cc(F)c(Cl)c(F)c1F. The lowest BCUT2D eigenvalue weighted by molar-refractivity contribution is 0.488. The first-order chi connectivity index (χ1) is 6.72. The molecule has 0 fully saturated rings. The maximum Gasteiger partial charge on any atom is 0.236 e. The molecule has 0 unspecified atom stereocenters. The fraction of sp³-hybridized carbons (Fsp3) is 0.143. The number of rotatable bonds is 2. The van der Waals surface area contributed by atoms with Crippen LogP contribution in [0.4, 0.5) is 13.2 Å². The molecular weight excluding hydrogens is 276 g/mol. The molecular formula is C7H3Cl2F3O2S. The molecule has 0 saturated carbocycles. The molecule has 0 atom stereocenters. The maximum absolute atomic E-state index is 13.0. The summed E-state index contributed by atoms with van der Waals surface area (Å²) < 4.78 is 59.8. The number of hydrogen-bond donors (Lipinski definition) is 0. The van der Waals surface area contributed by atoms with Gasteiger partial charge < -0.3 is 0 Å². The average Bonchev–Trinajstić information content (AvgIpc) is 2.08. The van der Waals surface area contributed by atoms with E-state index in [0.717, 1.165) is 0 Å². The van der Waals surface area contributed by atoms with Crippen LogP contribution in [-0.4, -0.2) is 8.42 Å². The first-order valence-corrected chi connectivity index (χ1v) is 6.32. The molecule has 0 spiro atoms. The van der Waals surface area contributed by atoms with E-state index in [1.807, 2.05) is 0 Å². The summed E-state index contributed by atoms with van der Waals surface area (Å²) in [4.78, 5) is 0. The van der Waals surface area contributed by atoms with Gasteiger partial charge in [0.05, 0.1) is 5.75 Å². The second-order valence-corrected chi connectivity index (χ2v) is 5.80. The van der Waals surface area contributed by atoms with Crippen LogP contribution in [0.5, 0.6) is 0 Å². The third-order valence-electron chi connectivity index (χ3n) is 1.51. The summed E-state index contributed by atoms with van der Waals surface area (Å²) in [5.41, 5.74) is -0.704. The van der Waals surface area contributed by atoms with Crippen molar-refractivity contribution in [1.82, 2.24) is 0 Å². The summed E-state index contributed by atoms with van der Waals surface area (Å²) in [6.45, 7) is 0. The summed E-state index contributed by atoms with van der Waals surface area (Å²) in [5.74, 6) is -5.41. The largest absolute Gasteiger partial charge is 0.236 e. The van der Waals surface area contributed by atoms with Crippen LogP contribution in [-0.2, 0) is 14.8 Å². The summed E-state index contributed by atoms with van der Waals surface area (Å²) >= 11 is 5.05. The fourth-order valence-corrected chi connectivity index (χ4v) is 1.98. The molecule has 8 heteroatoms. The Labute approximate surface area is 93.0 Å². The molecule has 84 valence electrons. The average molecular weight is 279 g/mol. The van der Waals surface area contributed by atoms with Crippen molar-refractivity contribution in [2.24, 2.45) is 0 Å². The molecule has 0 aliphatic carbocycles. The van der Waals surface area contributed by atoms with Crippen LogP contribution in [0.25, 0.3) is 0 Å². The van der Waals surface area contributed by atoms with Gasteiger partial charge in [0.15, 0.2) is 11.6 Å². The standard InChI is InChI=1S/C7H3Cl2F3O2S/c8-5-4(10)1-3(2-15(9,13)14)6(11)7(5)12/h1H,2H2. The second-order valence-electron chi connectivity index (χ2n) is 2.64. The molecule has 1 aromatic carbocycles. The van der Waals surface area contributed by atoms with Crippen molar-refractivity contribution in [3.05, 3.63) is 34.1 Å². The molecule has 0 amide bonds. The first-order valence-electron chi connectivity index (χ1n) is 3.46. The van der Waals surface area contributed by atoms with Crippen molar-refractivity contribution in [1.29, 1.82) is 0 Å². The summed E-state index contributed by atoms with van der Waals surface area (Å²) in [6.07, 6.45) is 0. The molecule has 1 rings (SSSR count). The lowest BCUT2D eigenvalue weighted by Gasteiger charge is -2.04. The third-order valence-corrected chi connectivity index (χ3v) is 2.84. The summed E-state index contributed by atoms with van der Waals surface area (Å²) in [6, 6.07) is 0.487. The predicted molar refractivity (Wildman–Crippen MR) is 49.8 cm³/mol. The highest BCUT2D eigenvalue weighted by Crippen LogP contribution is 2.25. The monoisotopic (exact) mass is 278 g/mol. The predicted octanol–water partition coefficient (Wildman–Crippen LogP) is 2.83. The summed E-state index contributed by atoms with van der Waals surface area (Å²) in [7, 11) is 0.722. The number of halogens is 5. The highest BCUT2D eigenvalue weighted by Gasteiger charge is 2.20. The van der Waals surface area contributed by atoms with Gasteiger partial charge in [0, 0.05) is 16.2 Å². The molecule has 0 aliphatic heterocycles. The number of hydrogen-bond acceptors (Lipinski definition) is 2. The zero-order chi connectivity index (χ0) is 11.8. The summed E-state index contributed by atoms with van der Waals surface area (Å²) in [5, 5.41) is -1.02.